The fourth-order valence-electron chi connectivity index (χ4n) is 2.22. The predicted octanol–water partition coefficient (Wildman–Crippen LogP) is 1.78. The van der Waals surface area contributed by atoms with Crippen LogP contribution in [0, 0.1) is 6.92 Å². The van der Waals surface area contributed by atoms with Gasteiger partial charge < -0.3 is 0 Å². The molecule has 0 saturated heterocycles. The van der Waals surface area contributed by atoms with Gasteiger partial charge in [0.05, 0.1) is 11.3 Å². The lowest BCUT2D eigenvalue weighted by atomic mass is 10.1. The van der Waals surface area contributed by atoms with Crippen LogP contribution < -0.4 is 5.01 Å². The second-order valence-corrected chi connectivity index (χ2v) is 4.05. The third kappa shape index (κ3) is 1.65. The number of aryl methyl sites for hydroxylation is 1. The molecule has 2 rings (SSSR count). The first-order valence-electron chi connectivity index (χ1n) is 5.85. The summed E-state index contributed by atoms with van der Waals surface area (Å²) in [6, 6.07) is 5.55. The van der Waals surface area contributed by atoms with E-state index >= 15 is 0 Å². The molecule has 0 saturated carbocycles. The highest BCUT2D eigenvalue weighted by Gasteiger charge is 2.39. The second kappa shape index (κ2) is 4.30. The summed E-state index contributed by atoms with van der Waals surface area (Å²) in [5, 5.41) is 3.37. The lowest BCUT2D eigenvalue weighted by molar-refractivity contribution is -0.117. The van der Waals surface area contributed by atoms with Crippen molar-refractivity contribution in [1.29, 1.82) is 0 Å². The number of fused-ring (bicyclic) bond motifs is 1. The SMILES string of the molecule is CCN(CC)N1C(=O)C(=O)c2c(C)cccc21. The first kappa shape index (κ1) is 11.8. The third-order valence-electron chi connectivity index (χ3n) is 3.11. The van der Waals surface area contributed by atoms with E-state index in [2.05, 4.69) is 0 Å². The monoisotopic (exact) mass is 232 g/mol. The number of Topliss-reactive ketones (excluding diaryl/α,β-unsaturated/α-hetero) is 1. The van der Waals surface area contributed by atoms with Crippen molar-refractivity contribution in [3.63, 3.8) is 0 Å². The number of hydrogen-bond donors (Lipinski definition) is 0. The van der Waals surface area contributed by atoms with Gasteiger partial charge in [-0.25, -0.2) is 10.0 Å². The first-order valence-corrected chi connectivity index (χ1v) is 5.85. The molecular formula is C13H16N2O2. The van der Waals surface area contributed by atoms with Crippen LogP contribution in [0.5, 0.6) is 0 Å². The maximum atomic E-state index is 12.0. The van der Waals surface area contributed by atoms with Crippen LogP contribution in [-0.4, -0.2) is 29.8 Å². The maximum Gasteiger partial charge on any atom is 0.314 e. The van der Waals surface area contributed by atoms with Crippen molar-refractivity contribution in [2.75, 3.05) is 18.1 Å². The van der Waals surface area contributed by atoms with Crippen LogP contribution in [-0.2, 0) is 4.79 Å². The molecule has 1 aromatic carbocycles. The van der Waals surface area contributed by atoms with Gasteiger partial charge in [0.25, 0.3) is 5.78 Å². The van der Waals surface area contributed by atoms with Crippen molar-refractivity contribution >= 4 is 17.4 Å². The molecule has 1 heterocycles. The largest absolute Gasteiger partial charge is 0.314 e. The standard InChI is InChI=1S/C13H16N2O2/c1-4-14(5-2)15-10-8-6-7-9(3)11(10)12(16)13(15)17/h6-8H,4-5H2,1-3H3. The molecule has 0 aromatic heterocycles. The number of hydrogen-bond acceptors (Lipinski definition) is 3. The molecule has 17 heavy (non-hydrogen) atoms. The molecule has 0 aliphatic carbocycles. The van der Waals surface area contributed by atoms with Crippen LogP contribution in [0.2, 0.25) is 0 Å². The number of carbonyl (C=O) groups excluding carboxylic acids is 2. The average Bonchev–Trinajstić information content (AvgIpc) is 2.57. The van der Waals surface area contributed by atoms with E-state index in [1.54, 1.807) is 0 Å². The van der Waals surface area contributed by atoms with E-state index in [0.717, 1.165) is 5.56 Å². The van der Waals surface area contributed by atoms with Crippen LogP contribution >= 0.6 is 0 Å². The molecule has 0 unspecified atom stereocenters. The Labute approximate surface area is 101 Å². The quantitative estimate of drug-likeness (QED) is 0.746. The third-order valence-corrected chi connectivity index (χ3v) is 3.11. The van der Waals surface area contributed by atoms with E-state index in [1.165, 1.54) is 5.01 Å². The normalized spacial score (nSPS) is 14.7. The number of hydrazine groups is 1. The predicted molar refractivity (Wildman–Crippen MR) is 65.9 cm³/mol. The molecule has 90 valence electrons. The van der Waals surface area contributed by atoms with Crippen LogP contribution in [0.25, 0.3) is 0 Å². The molecule has 0 N–H and O–H groups in total. The number of rotatable bonds is 3. The zero-order chi connectivity index (χ0) is 12.6. The Morgan fingerprint density at radius 3 is 2.41 bits per heavy atom. The number of benzene rings is 1. The van der Waals surface area contributed by atoms with Crippen molar-refractivity contribution in [1.82, 2.24) is 5.01 Å². The van der Waals surface area contributed by atoms with E-state index in [4.69, 9.17) is 0 Å². The van der Waals surface area contributed by atoms with Crippen molar-refractivity contribution in [2.45, 2.75) is 20.8 Å². The fourth-order valence-corrected chi connectivity index (χ4v) is 2.22. The summed E-state index contributed by atoms with van der Waals surface area (Å²) in [5.74, 6) is -0.844. The van der Waals surface area contributed by atoms with Gasteiger partial charge >= 0.3 is 5.91 Å². The van der Waals surface area contributed by atoms with E-state index in [0.29, 0.717) is 24.3 Å². The molecule has 1 amide bonds. The highest BCUT2D eigenvalue weighted by Crippen LogP contribution is 2.32. The van der Waals surface area contributed by atoms with Crippen molar-refractivity contribution in [3.05, 3.63) is 29.3 Å². The minimum atomic E-state index is -0.446. The zero-order valence-electron chi connectivity index (χ0n) is 10.4. The van der Waals surface area contributed by atoms with Crippen molar-refractivity contribution < 1.29 is 9.59 Å². The average molecular weight is 232 g/mol. The molecule has 1 aliphatic rings. The molecule has 4 nitrogen and oxygen atoms in total. The highest BCUT2D eigenvalue weighted by molar-refractivity contribution is 6.52. The van der Waals surface area contributed by atoms with Gasteiger partial charge in [0, 0.05) is 13.1 Å². The molecule has 0 spiro atoms. The van der Waals surface area contributed by atoms with Crippen LogP contribution in [0.15, 0.2) is 18.2 Å². The molecular weight excluding hydrogens is 216 g/mol. The minimum absolute atomic E-state index is 0.398. The molecule has 0 atom stereocenters. The van der Waals surface area contributed by atoms with Gasteiger partial charge in [-0.05, 0) is 18.6 Å². The fraction of sp³-hybridized carbons (Fsp3) is 0.385. The molecule has 4 heteroatoms. The summed E-state index contributed by atoms with van der Waals surface area (Å²) in [7, 11) is 0. The Morgan fingerprint density at radius 2 is 1.82 bits per heavy atom. The zero-order valence-corrected chi connectivity index (χ0v) is 10.4. The summed E-state index contributed by atoms with van der Waals surface area (Å²) in [4.78, 5) is 24.0. The number of nitrogens with zero attached hydrogens (tertiary/aromatic N) is 2. The Bertz CT molecular complexity index is 478. The Kier molecular flexibility index (Phi) is 2.98. The summed E-state index contributed by atoms with van der Waals surface area (Å²) < 4.78 is 0. The van der Waals surface area contributed by atoms with E-state index in [-0.39, 0.29) is 0 Å². The van der Waals surface area contributed by atoms with Crippen molar-refractivity contribution in [2.24, 2.45) is 0 Å². The number of amides is 1. The number of anilines is 1. The van der Waals surface area contributed by atoms with Crippen LogP contribution in [0.3, 0.4) is 0 Å². The molecule has 1 aromatic rings. The van der Waals surface area contributed by atoms with E-state index < -0.39 is 11.7 Å². The van der Waals surface area contributed by atoms with Crippen LogP contribution in [0.1, 0.15) is 29.8 Å². The van der Waals surface area contributed by atoms with Gasteiger partial charge in [-0.1, -0.05) is 26.0 Å². The van der Waals surface area contributed by atoms with Gasteiger partial charge in [0.2, 0.25) is 0 Å². The molecule has 0 radical (unpaired) electrons. The number of carbonyl (C=O) groups is 2. The highest BCUT2D eigenvalue weighted by atomic mass is 16.2. The van der Waals surface area contributed by atoms with Gasteiger partial charge in [-0.3, -0.25) is 9.59 Å². The minimum Gasteiger partial charge on any atom is -0.283 e. The smallest absolute Gasteiger partial charge is 0.283 e. The summed E-state index contributed by atoms with van der Waals surface area (Å²) >= 11 is 0. The topological polar surface area (TPSA) is 40.6 Å². The maximum absolute atomic E-state index is 12.0. The molecule has 0 fully saturated rings. The lowest BCUT2D eigenvalue weighted by Crippen LogP contribution is -2.45. The second-order valence-electron chi connectivity index (χ2n) is 4.05. The first-order chi connectivity index (χ1) is 8.11. The Morgan fingerprint density at radius 1 is 1.18 bits per heavy atom. The summed E-state index contributed by atoms with van der Waals surface area (Å²) in [5.41, 5.74) is 2.11. The van der Waals surface area contributed by atoms with E-state index in [1.807, 2.05) is 44.0 Å². The summed E-state index contributed by atoms with van der Waals surface area (Å²) in [6.45, 7) is 7.19. The van der Waals surface area contributed by atoms with Gasteiger partial charge in [0.15, 0.2) is 0 Å². The van der Waals surface area contributed by atoms with Crippen LogP contribution in [0.4, 0.5) is 5.69 Å². The number of ketones is 1. The summed E-state index contributed by atoms with van der Waals surface area (Å²) in [6.07, 6.45) is 0. The van der Waals surface area contributed by atoms with Crippen molar-refractivity contribution in [3.8, 4) is 0 Å². The molecule has 1 aliphatic heterocycles. The Hall–Kier alpha value is -1.68. The Balaban J connectivity index is 2.55. The van der Waals surface area contributed by atoms with Gasteiger partial charge in [-0.2, -0.15) is 0 Å². The molecule has 0 bridgehead atoms. The lowest BCUT2D eigenvalue weighted by Gasteiger charge is -2.29. The van der Waals surface area contributed by atoms with E-state index in [9.17, 15) is 9.59 Å². The van der Waals surface area contributed by atoms with Gasteiger partial charge in [0.1, 0.15) is 0 Å². The van der Waals surface area contributed by atoms with Gasteiger partial charge in [-0.15, -0.1) is 0 Å².